The Balaban J connectivity index is 1.91. The molecule has 9 nitrogen and oxygen atoms in total. The van der Waals surface area contributed by atoms with Crippen LogP contribution in [0.25, 0.3) is 38.8 Å². The largest absolute Gasteiger partial charge is 0.496 e. The second-order valence-corrected chi connectivity index (χ2v) is 7.40. The number of pyridine rings is 2. The van der Waals surface area contributed by atoms with E-state index in [0.717, 1.165) is 6.20 Å². The molecule has 0 radical (unpaired) electrons. The molecule has 0 fully saturated rings. The molecule has 0 N–H and O–H groups in total. The van der Waals surface area contributed by atoms with Crippen LogP contribution in [0, 0.1) is 5.82 Å². The number of methoxy groups -OCH3 is 2. The van der Waals surface area contributed by atoms with Gasteiger partial charge in [0.2, 0.25) is 0 Å². The van der Waals surface area contributed by atoms with Crippen molar-refractivity contribution in [3.05, 3.63) is 59.4 Å². The summed E-state index contributed by atoms with van der Waals surface area (Å²) in [5.41, 5.74) is 1.40. The number of rotatable bonds is 5. The second-order valence-electron chi connectivity index (χ2n) is 7.40. The lowest BCUT2D eigenvalue weighted by Crippen LogP contribution is -2.22. The fraction of sp³-hybridized carbons (Fsp3) is 0.182. The van der Waals surface area contributed by atoms with Gasteiger partial charge in [-0.25, -0.2) is 13.9 Å². The third-order valence-corrected chi connectivity index (χ3v) is 5.60. The average molecular weight is 470 g/mol. The first-order valence-corrected chi connectivity index (χ1v) is 9.94. The molecular weight excluding hydrogens is 453 g/mol. The van der Waals surface area contributed by atoms with Gasteiger partial charge in [-0.15, -0.1) is 0 Å². The first-order valence-electron chi connectivity index (χ1n) is 9.94. The van der Waals surface area contributed by atoms with Crippen LogP contribution in [-0.4, -0.2) is 43.1 Å². The highest BCUT2D eigenvalue weighted by Crippen LogP contribution is 2.37. The van der Waals surface area contributed by atoms with Crippen LogP contribution in [0.5, 0.6) is 11.5 Å². The Morgan fingerprint density at radius 2 is 1.79 bits per heavy atom. The van der Waals surface area contributed by atoms with E-state index in [0.29, 0.717) is 43.5 Å². The number of imidazole rings is 1. The third kappa shape index (κ3) is 3.10. The normalized spacial score (nSPS) is 11.6. The first kappa shape index (κ1) is 21.5. The van der Waals surface area contributed by atoms with Crippen molar-refractivity contribution in [3.63, 3.8) is 0 Å². The zero-order valence-electron chi connectivity index (χ0n) is 18.2. The van der Waals surface area contributed by atoms with Gasteiger partial charge in [-0.05, 0) is 6.07 Å². The van der Waals surface area contributed by atoms with E-state index < -0.39 is 18.1 Å². The fourth-order valence-electron chi connectivity index (χ4n) is 3.99. The number of hydrogen-bond acceptors (Lipinski definition) is 6. The molecule has 0 unspecified atom stereocenters. The Kier molecular flexibility index (Phi) is 5.00. The van der Waals surface area contributed by atoms with Gasteiger partial charge in [0.15, 0.2) is 11.6 Å². The Bertz CT molecular complexity index is 1620. The summed E-state index contributed by atoms with van der Waals surface area (Å²) in [6.45, 7) is -2.81. The summed E-state index contributed by atoms with van der Waals surface area (Å²) < 4.78 is 54.9. The van der Waals surface area contributed by atoms with Gasteiger partial charge < -0.3 is 9.47 Å². The number of aromatic nitrogens is 6. The van der Waals surface area contributed by atoms with Crippen LogP contribution in [0.3, 0.4) is 0 Å². The fourth-order valence-corrected chi connectivity index (χ4v) is 3.99. The highest BCUT2D eigenvalue weighted by atomic mass is 19.3. The van der Waals surface area contributed by atoms with Crippen molar-refractivity contribution in [2.75, 3.05) is 14.2 Å². The summed E-state index contributed by atoms with van der Waals surface area (Å²) >= 11 is 0. The molecule has 0 saturated heterocycles. The maximum Gasteiger partial charge on any atom is 0.333 e. The van der Waals surface area contributed by atoms with Gasteiger partial charge in [-0.2, -0.15) is 13.9 Å². The molecule has 5 rings (SSSR count). The van der Waals surface area contributed by atoms with Crippen molar-refractivity contribution >= 4 is 21.9 Å². The van der Waals surface area contributed by atoms with Crippen LogP contribution in [0.2, 0.25) is 0 Å². The predicted octanol–water partition coefficient (Wildman–Crippen LogP) is 3.69. The predicted molar refractivity (Wildman–Crippen MR) is 117 cm³/mol. The molecule has 0 saturated carbocycles. The number of nitrogens with zero attached hydrogens (tertiary/aromatic N) is 6. The Morgan fingerprint density at radius 1 is 1.03 bits per heavy atom. The quantitative estimate of drug-likeness (QED) is 0.389. The minimum Gasteiger partial charge on any atom is -0.496 e. The summed E-state index contributed by atoms with van der Waals surface area (Å²) in [6.07, 6.45) is 6.26. The van der Waals surface area contributed by atoms with E-state index in [-0.39, 0.29) is 11.4 Å². The summed E-state index contributed by atoms with van der Waals surface area (Å²) in [7, 11) is 4.33. The first-order chi connectivity index (χ1) is 16.3. The lowest BCUT2D eigenvalue weighted by atomic mass is 10.0. The lowest BCUT2D eigenvalue weighted by molar-refractivity contribution is 0.0566. The van der Waals surface area contributed by atoms with Crippen LogP contribution in [-0.2, 0) is 7.05 Å². The molecule has 0 spiro atoms. The van der Waals surface area contributed by atoms with Gasteiger partial charge in [-0.3, -0.25) is 19.1 Å². The van der Waals surface area contributed by atoms with E-state index >= 15 is 0 Å². The Morgan fingerprint density at radius 3 is 2.47 bits per heavy atom. The minimum atomic E-state index is -2.81. The Hall–Kier alpha value is -4.35. The molecule has 5 aromatic rings. The van der Waals surface area contributed by atoms with Crippen LogP contribution < -0.4 is 15.2 Å². The zero-order chi connectivity index (χ0) is 24.1. The second kappa shape index (κ2) is 7.90. The smallest absolute Gasteiger partial charge is 0.333 e. The van der Waals surface area contributed by atoms with E-state index in [1.54, 1.807) is 12.1 Å². The van der Waals surface area contributed by atoms with E-state index in [4.69, 9.17) is 9.47 Å². The number of benzene rings is 1. The van der Waals surface area contributed by atoms with Gasteiger partial charge in [-0.1, -0.05) is 0 Å². The summed E-state index contributed by atoms with van der Waals surface area (Å²) in [4.78, 5) is 21.5. The molecule has 4 aromatic heterocycles. The molecule has 0 aliphatic rings. The summed E-state index contributed by atoms with van der Waals surface area (Å²) in [5, 5.41) is 4.16. The molecule has 12 heteroatoms. The third-order valence-electron chi connectivity index (χ3n) is 5.60. The number of fused-ring (bicyclic) bond motifs is 3. The SMILES string of the molecule is COc1cc2ncc3c(c2cc1-c1cnn(C(F)F)c1)n(-c1c(F)cncc1OC)c(=O)n3C. The van der Waals surface area contributed by atoms with Crippen LogP contribution in [0.4, 0.5) is 13.2 Å². The van der Waals surface area contributed by atoms with E-state index in [2.05, 4.69) is 15.1 Å². The molecule has 0 aliphatic heterocycles. The molecule has 4 heterocycles. The monoisotopic (exact) mass is 470 g/mol. The topological polar surface area (TPSA) is 89.0 Å². The Labute approximate surface area is 189 Å². The van der Waals surface area contributed by atoms with Crippen molar-refractivity contribution in [1.29, 1.82) is 0 Å². The van der Waals surface area contributed by atoms with Gasteiger partial charge in [0.25, 0.3) is 0 Å². The molecule has 0 bridgehead atoms. The molecule has 34 heavy (non-hydrogen) atoms. The highest BCUT2D eigenvalue weighted by Gasteiger charge is 2.23. The van der Waals surface area contributed by atoms with E-state index in [9.17, 15) is 18.0 Å². The summed E-state index contributed by atoms with van der Waals surface area (Å²) in [5.74, 6) is -0.331. The molecule has 1 aromatic carbocycles. The van der Waals surface area contributed by atoms with Crippen molar-refractivity contribution < 1.29 is 22.6 Å². The van der Waals surface area contributed by atoms with Crippen molar-refractivity contribution in [2.24, 2.45) is 7.05 Å². The maximum absolute atomic E-state index is 15.0. The maximum atomic E-state index is 15.0. The lowest BCUT2D eigenvalue weighted by Gasteiger charge is -2.13. The highest BCUT2D eigenvalue weighted by molar-refractivity contribution is 6.05. The van der Waals surface area contributed by atoms with Crippen LogP contribution in [0.1, 0.15) is 6.55 Å². The number of ether oxygens (including phenoxy) is 2. The van der Waals surface area contributed by atoms with Crippen LogP contribution in [0.15, 0.2) is 47.9 Å². The average Bonchev–Trinajstić information content (AvgIpc) is 3.42. The number of alkyl halides is 2. The van der Waals surface area contributed by atoms with Gasteiger partial charge in [0, 0.05) is 35.8 Å². The van der Waals surface area contributed by atoms with Gasteiger partial charge in [0.05, 0.1) is 55.6 Å². The standard InChI is InChI=1S/C22H17F3N6O3/c1-29-16-8-27-15-5-17(33-2)12(11-6-28-30(10-11)21(24)25)4-13(15)19(16)31(22(29)32)20-14(23)7-26-9-18(20)34-3/h4-10,21H,1-3H3. The molecular formula is C22H17F3N6O3. The number of aryl methyl sites for hydroxylation is 1. The summed E-state index contributed by atoms with van der Waals surface area (Å²) in [6, 6.07) is 3.27. The zero-order valence-corrected chi connectivity index (χ0v) is 18.2. The number of halogens is 3. The van der Waals surface area contributed by atoms with Crippen molar-refractivity contribution in [2.45, 2.75) is 6.55 Å². The van der Waals surface area contributed by atoms with Crippen molar-refractivity contribution in [3.8, 4) is 28.3 Å². The van der Waals surface area contributed by atoms with Gasteiger partial charge >= 0.3 is 12.2 Å². The molecule has 174 valence electrons. The molecule has 0 atom stereocenters. The minimum absolute atomic E-state index is 0.0616. The van der Waals surface area contributed by atoms with Crippen molar-refractivity contribution in [1.82, 2.24) is 28.9 Å². The van der Waals surface area contributed by atoms with E-state index in [1.807, 2.05) is 0 Å². The van der Waals surface area contributed by atoms with E-state index in [1.165, 1.54) is 55.2 Å². The van der Waals surface area contributed by atoms with Gasteiger partial charge in [0.1, 0.15) is 11.4 Å². The number of hydrogen-bond donors (Lipinski definition) is 0. The molecule has 0 amide bonds. The van der Waals surface area contributed by atoms with Crippen LogP contribution >= 0.6 is 0 Å². The molecule has 0 aliphatic carbocycles.